The van der Waals surface area contributed by atoms with Gasteiger partial charge in [-0.3, -0.25) is 9.59 Å². The summed E-state index contributed by atoms with van der Waals surface area (Å²) >= 11 is 0. The van der Waals surface area contributed by atoms with Crippen LogP contribution in [0.3, 0.4) is 0 Å². The zero-order valence-electron chi connectivity index (χ0n) is 34.0. The molecule has 0 saturated carbocycles. The van der Waals surface area contributed by atoms with Crippen molar-refractivity contribution in [2.24, 2.45) is 0 Å². The van der Waals surface area contributed by atoms with Crippen molar-refractivity contribution in [2.45, 2.75) is 174 Å². The number of carbonyl (C=O) groups excluding carboxylic acids is 2. The second-order valence-electron chi connectivity index (χ2n) is 14.9. The maximum absolute atomic E-state index is 12.7. The second-order valence-corrected chi connectivity index (χ2v) is 14.9. The second kappa shape index (κ2) is 35.3. The molecule has 0 radical (unpaired) electrons. The van der Waals surface area contributed by atoms with Crippen molar-refractivity contribution in [3.05, 3.63) is 48.6 Å². The minimum atomic E-state index is -0.882. The maximum Gasteiger partial charge on any atom is 0.362 e. The van der Waals surface area contributed by atoms with Gasteiger partial charge in [-0.15, -0.1) is 0 Å². The molecule has 0 saturated heterocycles. The summed E-state index contributed by atoms with van der Waals surface area (Å²) in [5.41, 5.74) is 0. The van der Waals surface area contributed by atoms with Crippen molar-refractivity contribution in [1.29, 1.82) is 0 Å². The van der Waals surface area contributed by atoms with E-state index in [1.54, 1.807) is 0 Å². The molecular weight excluding hydrogens is 654 g/mol. The minimum absolute atomic E-state index is 0.0479. The summed E-state index contributed by atoms with van der Waals surface area (Å²) in [6.45, 7) is 4.51. The van der Waals surface area contributed by atoms with Gasteiger partial charge in [0, 0.05) is 19.3 Å². The summed E-state index contributed by atoms with van der Waals surface area (Å²) in [6, 6.07) is -0.618. The first-order valence-electron chi connectivity index (χ1n) is 20.7. The third-order valence-corrected chi connectivity index (χ3v) is 8.98. The highest BCUT2D eigenvalue weighted by Crippen LogP contribution is 2.14. The fourth-order valence-electron chi connectivity index (χ4n) is 5.77. The molecule has 0 aliphatic heterocycles. The van der Waals surface area contributed by atoms with E-state index in [1.165, 1.54) is 70.6 Å². The molecule has 1 N–H and O–H groups in total. The summed E-state index contributed by atoms with van der Waals surface area (Å²) < 4.78 is 17.1. The van der Waals surface area contributed by atoms with Crippen LogP contribution in [-0.2, 0) is 28.6 Å². The number of aliphatic carboxylic acids is 1. The Morgan fingerprint density at radius 2 is 1.12 bits per heavy atom. The monoisotopic (exact) mass is 733 g/mol. The lowest BCUT2D eigenvalue weighted by atomic mass is 10.0. The first-order chi connectivity index (χ1) is 25.1. The van der Waals surface area contributed by atoms with Crippen LogP contribution >= 0.6 is 0 Å². The van der Waals surface area contributed by atoms with E-state index in [4.69, 9.17) is 14.2 Å². The molecule has 300 valence electrons. The fourth-order valence-corrected chi connectivity index (χ4v) is 5.77. The number of hydrogen-bond acceptors (Lipinski definition) is 6. The zero-order chi connectivity index (χ0) is 38.5. The number of nitrogens with zero attached hydrogens (tertiary/aromatic N) is 1. The molecule has 0 spiro atoms. The molecule has 2 atom stereocenters. The lowest BCUT2D eigenvalue weighted by molar-refractivity contribution is -0.887. The van der Waals surface area contributed by atoms with E-state index < -0.39 is 18.1 Å². The Morgan fingerprint density at radius 3 is 1.69 bits per heavy atom. The topological polar surface area (TPSA) is 99.1 Å². The number of ether oxygens (including phenoxy) is 3. The van der Waals surface area contributed by atoms with Crippen molar-refractivity contribution in [3.8, 4) is 0 Å². The van der Waals surface area contributed by atoms with Crippen molar-refractivity contribution in [3.63, 3.8) is 0 Å². The summed E-state index contributed by atoms with van der Waals surface area (Å²) in [4.78, 5) is 36.7. The van der Waals surface area contributed by atoms with Crippen molar-refractivity contribution in [2.75, 3.05) is 41.0 Å². The van der Waals surface area contributed by atoms with Crippen LogP contribution in [0, 0.1) is 0 Å². The number of unbranched alkanes of at least 4 members (excludes halogenated alkanes) is 14. The van der Waals surface area contributed by atoms with Gasteiger partial charge in [0.15, 0.2) is 12.1 Å². The van der Waals surface area contributed by atoms with E-state index in [0.29, 0.717) is 19.3 Å². The van der Waals surface area contributed by atoms with Gasteiger partial charge in [-0.05, 0) is 57.8 Å². The summed E-state index contributed by atoms with van der Waals surface area (Å²) in [5, 5.41) is 9.58. The molecule has 2 unspecified atom stereocenters. The highest BCUT2D eigenvalue weighted by molar-refractivity contribution is 5.72. The van der Waals surface area contributed by atoms with Crippen molar-refractivity contribution < 1.29 is 38.2 Å². The molecule has 8 nitrogen and oxygen atoms in total. The molecule has 0 amide bonds. The van der Waals surface area contributed by atoms with E-state index >= 15 is 0 Å². The molecule has 0 bridgehead atoms. The molecule has 0 fully saturated rings. The normalized spacial score (nSPS) is 13.5. The molecule has 0 heterocycles. The number of allylic oxidation sites excluding steroid dienone is 8. The van der Waals surface area contributed by atoms with Gasteiger partial charge in [0.25, 0.3) is 0 Å². The number of rotatable bonds is 36. The smallest absolute Gasteiger partial charge is 0.362 e. The van der Waals surface area contributed by atoms with Gasteiger partial charge in [0.1, 0.15) is 6.61 Å². The molecule has 0 aliphatic carbocycles. The lowest BCUT2D eigenvalue weighted by Gasteiger charge is -2.31. The predicted molar refractivity (Wildman–Crippen MR) is 215 cm³/mol. The Kier molecular flexibility index (Phi) is 33.5. The lowest BCUT2D eigenvalue weighted by Crippen LogP contribution is -2.50. The van der Waals surface area contributed by atoms with E-state index in [2.05, 4.69) is 56.4 Å². The van der Waals surface area contributed by atoms with Gasteiger partial charge >= 0.3 is 17.9 Å². The summed E-state index contributed by atoms with van der Waals surface area (Å²) in [7, 11) is 5.50. The fraction of sp³-hybridized carbons (Fsp3) is 0.750. The molecule has 8 heteroatoms. The average Bonchev–Trinajstić information content (AvgIpc) is 3.09. The Bertz CT molecular complexity index is 995. The van der Waals surface area contributed by atoms with Gasteiger partial charge in [-0.25, -0.2) is 4.79 Å². The van der Waals surface area contributed by atoms with Crippen LogP contribution in [0.2, 0.25) is 0 Å². The molecule has 0 aliphatic rings. The Balaban J connectivity index is 4.24. The van der Waals surface area contributed by atoms with Crippen LogP contribution in [-0.4, -0.2) is 80.6 Å². The van der Waals surface area contributed by atoms with Crippen LogP contribution in [0.4, 0.5) is 0 Å². The molecule has 0 aromatic heterocycles. The first-order valence-corrected chi connectivity index (χ1v) is 20.7. The average molecular weight is 733 g/mol. The van der Waals surface area contributed by atoms with Crippen LogP contribution in [0.15, 0.2) is 48.6 Å². The van der Waals surface area contributed by atoms with Gasteiger partial charge in [-0.2, -0.15) is 0 Å². The molecule has 0 rings (SSSR count). The SMILES string of the molecule is CC/C=C/C/C=C/C/C=C/CCCCCCCCCCCCCC(=O)OC(COCCC(C(=O)O)[N+](C)(C)C)COC(=O)CC/C=C/CCCCC. The number of likely N-dealkylation sites (N-methyl/N-ethyl adjacent to an activating group) is 1. The Labute approximate surface area is 318 Å². The van der Waals surface area contributed by atoms with Crippen LogP contribution in [0.5, 0.6) is 0 Å². The highest BCUT2D eigenvalue weighted by Gasteiger charge is 2.31. The van der Waals surface area contributed by atoms with E-state index in [1.807, 2.05) is 27.2 Å². The number of hydrogen-bond donors (Lipinski definition) is 1. The number of quaternary nitrogens is 1. The Morgan fingerprint density at radius 1 is 0.596 bits per heavy atom. The number of carbonyl (C=O) groups is 3. The minimum Gasteiger partial charge on any atom is -0.477 e. The van der Waals surface area contributed by atoms with E-state index in [-0.39, 0.29) is 42.7 Å². The largest absolute Gasteiger partial charge is 0.477 e. The quantitative estimate of drug-likeness (QED) is 0.0296. The number of carboxylic acid groups (broad SMARTS) is 1. The third-order valence-electron chi connectivity index (χ3n) is 8.98. The molecule has 0 aromatic rings. The van der Waals surface area contributed by atoms with Gasteiger partial charge in [0.05, 0.1) is 34.4 Å². The van der Waals surface area contributed by atoms with Crippen LogP contribution < -0.4 is 0 Å². The third kappa shape index (κ3) is 33.1. The maximum atomic E-state index is 12.7. The molecule has 0 aromatic carbocycles. The van der Waals surface area contributed by atoms with Crippen LogP contribution in [0.25, 0.3) is 0 Å². The van der Waals surface area contributed by atoms with Gasteiger partial charge in [-0.1, -0.05) is 133 Å². The number of carboxylic acids is 1. The van der Waals surface area contributed by atoms with Crippen molar-refractivity contribution in [1.82, 2.24) is 0 Å². The number of esters is 2. The highest BCUT2D eigenvalue weighted by atomic mass is 16.6. The summed E-state index contributed by atoms with van der Waals surface area (Å²) in [6.07, 6.45) is 40.4. The van der Waals surface area contributed by atoms with Crippen molar-refractivity contribution >= 4 is 17.9 Å². The molecular formula is C44H78NO7+. The van der Waals surface area contributed by atoms with Gasteiger partial charge in [0.2, 0.25) is 0 Å². The van der Waals surface area contributed by atoms with Gasteiger partial charge < -0.3 is 23.8 Å². The first kappa shape index (κ1) is 49.3. The van der Waals surface area contributed by atoms with Crippen LogP contribution in [0.1, 0.15) is 162 Å². The molecule has 52 heavy (non-hydrogen) atoms. The Hall–Kier alpha value is -2.71. The summed E-state index contributed by atoms with van der Waals surface area (Å²) in [5.74, 6) is -1.54. The standard InChI is InChI=1S/C44H77NO7/c1-6-8-10-12-14-15-16-17-18-19-20-21-22-23-24-25-26-27-29-31-33-35-43(47)52-40(38-50-37-36-41(44(48)49)45(3,4)5)39-51-42(46)34-32-30-28-13-11-9-7-2/h8,10,14-15,17-18,28,30,40-41H,6-7,9,11-13,16,19-27,29,31-39H2,1-5H3/p+1/b10-8+,15-14+,18-17+,30-28+. The predicted octanol–water partition coefficient (Wildman–Crippen LogP) is 10.9. The van der Waals surface area contributed by atoms with E-state index in [0.717, 1.165) is 51.4 Å². The van der Waals surface area contributed by atoms with E-state index in [9.17, 15) is 19.5 Å². The zero-order valence-corrected chi connectivity index (χ0v) is 34.0.